The van der Waals surface area contributed by atoms with Gasteiger partial charge in [-0.2, -0.15) is 0 Å². The number of rotatable bonds is 46. The summed E-state index contributed by atoms with van der Waals surface area (Å²) in [7, 11) is 0. The molecule has 0 saturated heterocycles. The second-order valence-corrected chi connectivity index (χ2v) is 17.1. The molecule has 6 heteroatoms. The number of carbonyl (C=O) groups excluding carboxylic acids is 3. The van der Waals surface area contributed by atoms with Gasteiger partial charge in [-0.15, -0.1) is 0 Å². The zero-order valence-corrected chi connectivity index (χ0v) is 39.3. The first-order valence-electron chi connectivity index (χ1n) is 25.5. The molecule has 0 bridgehead atoms. The number of unbranched alkanes of at least 4 members (excludes halogenated alkanes) is 29. The number of allylic oxidation sites excluding steroid dienone is 6. The van der Waals surface area contributed by atoms with Crippen LogP contribution in [0.5, 0.6) is 0 Å². The van der Waals surface area contributed by atoms with Crippen LogP contribution in [0.3, 0.4) is 0 Å². The van der Waals surface area contributed by atoms with Crippen LogP contribution < -0.4 is 0 Å². The molecule has 344 valence electrons. The van der Waals surface area contributed by atoms with Crippen molar-refractivity contribution < 1.29 is 28.6 Å². The van der Waals surface area contributed by atoms with Gasteiger partial charge in [-0.3, -0.25) is 14.4 Å². The molecule has 1 unspecified atom stereocenters. The number of hydrogen-bond acceptors (Lipinski definition) is 6. The van der Waals surface area contributed by atoms with Crippen molar-refractivity contribution >= 4 is 17.9 Å². The Hall–Kier alpha value is -2.37. The van der Waals surface area contributed by atoms with Crippen LogP contribution in [-0.4, -0.2) is 37.2 Å². The Balaban J connectivity index is 4.32. The molecule has 0 radical (unpaired) electrons. The van der Waals surface area contributed by atoms with Crippen molar-refractivity contribution in [1.82, 2.24) is 0 Å². The summed E-state index contributed by atoms with van der Waals surface area (Å²) in [6.07, 6.45) is 55.5. The highest BCUT2D eigenvalue weighted by Gasteiger charge is 2.19. The van der Waals surface area contributed by atoms with E-state index in [-0.39, 0.29) is 31.1 Å². The standard InChI is InChI=1S/C53H96O6/c1-4-7-10-13-16-19-22-24-25-26-27-28-29-30-32-34-37-40-43-46-52(55)58-49-50(48-57-51(54)45-42-39-36-33-21-18-15-12-9-6-3)59-53(56)47-44-41-38-35-31-23-20-17-14-11-8-5-2/h16,19,24-25,27-28,50H,4-15,17-18,20-23,26,29-49H2,1-3H3/b19-16-,25-24-,28-27-. The highest BCUT2D eigenvalue weighted by molar-refractivity contribution is 5.71. The van der Waals surface area contributed by atoms with Crippen molar-refractivity contribution in [2.45, 2.75) is 271 Å². The summed E-state index contributed by atoms with van der Waals surface area (Å²) >= 11 is 0. The largest absolute Gasteiger partial charge is 0.462 e. The lowest BCUT2D eigenvalue weighted by Gasteiger charge is -2.18. The van der Waals surface area contributed by atoms with E-state index in [1.807, 2.05) is 0 Å². The first-order valence-corrected chi connectivity index (χ1v) is 25.5. The van der Waals surface area contributed by atoms with Gasteiger partial charge < -0.3 is 14.2 Å². The van der Waals surface area contributed by atoms with E-state index in [4.69, 9.17) is 14.2 Å². The molecule has 0 amide bonds. The Morgan fingerprint density at radius 1 is 0.339 bits per heavy atom. The minimum atomic E-state index is -0.771. The molecule has 0 aliphatic carbocycles. The summed E-state index contributed by atoms with van der Waals surface area (Å²) in [5.74, 6) is -0.878. The molecule has 0 rings (SSSR count). The maximum Gasteiger partial charge on any atom is 0.306 e. The molecule has 6 nitrogen and oxygen atoms in total. The van der Waals surface area contributed by atoms with Crippen LogP contribution in [-0.2, 0) is 28.6 Å². The van der Waals surface area contributed by atoms with E-state index in [1.165, 1.54) is 148 Å². The third-order valence-electron chi connectivity index (χ3n) is 11.1. The maximum absolute atomic E-state index is 12.7. The van der Waals surface area contributed by atoms with Gasteiger partial charge in [0.25, 0.3) is 0 Å². The summed E-state index contributed by atoms with van der Waals surface area (Å²) in [5, 5.41) is 0. The van der Waals surface area contributed by atoms with Crippen molar-refractivity contribution in [3.63, 3.8) is 0 Å². The lowest BCUT2D eigenvalue weighted by atomic mass is 10.0. The Labute approximate surface area is 365 Å². The topological polar surface area (TPSA) is 78.9 Å². The van der Waals surface area contributed by atoms with Crippen molar-refractivity contribution in [3.8, 4) is 0 Å². The van der Waals surface area contributed by atoms with Crippen LogP contribution in [0.1, 0.15) is 265 Å². The highest BCUT2D eigenvalue weighted by Crippen LogP contribution is 2.15. The maximum atomic E-state index is 12.7. The summed E-state index contributed by atoms with van der Waals surface area (Å²) < 4.78 is 16.8. The van der Waals surface area contributed by atoms with E-state index in [0.717, 1.165) is 77.0 Å². The van der Waals surface area contributed by atoms with Crippen LogP contribution in [0.25, 0.3) is 0 Å². The Kier molecular flexibility index (Phi) is 46.4. The monoisotopic (exact) mass is 829 g/mol. The van der Waals surface area contributed by atoms with E-state index in [9.17, 15) is 14.4 Å². The van der Waals surface area contributed by atoms with E-state index in [2.05, 4.69) is 57.2 Å². The molecule has 59 heavy (non-hydrogen) atoms. The molecular weight excluding hydrogens is 733 g/mol. The lowest BCUT2D eigenvalue weighted by molar-refractivity contribution is -0.167. The van der Waals surface area contributed by atoms with E-state index in [0.29, 0.717) is 19.3 Å². The van der Waals surface area contributed by atoms with Gasteiger partial charge in [0.05, 0.1) is 0 Å². The molecule has 0 N–H and O–H groups in total. The minimum absolute atomic E-state index is 0.0726. The van der Waals surface area contributed by atoms with Crippen molar-refractivity contribution in [3.05, 3.63) is 36.5 Å². The van der Waals surface area contributed by atoms with Crippen LogP contribution in [0.15, 0.2) is 36.5 Å². The number of esters is 3. The summed E-state index contributed by atoms with van der Waals surface area (Å²) in [6, 6.07) is 0. The summed E-state index contributed by atoms with van der Waals surface area (Å²) in [4.78, 5) is 37.8. The fourth-order valence-electron chi connectivity index (χ4n) is 7.27. The predicted molar refractivity (Wildman–Crippen MR) is 252 cm³/mol. The molecular formula is C53H96O6. The second-order valence-electron chi connectivity index (χ2n) is 17.1. The number of carbonyl (C=O) groups is 3. The van der Waals surface area contributed by atoms with E-state index < -0.39 is 6.10 Å². The third kappa shape index (κ3) is 46.5. The SMILES string of the molecule is CCCCC/C=C\C/C=C\C/C=C\CCCCCCCCC(=O)OCC(COC(=O)CCCCCCCCCCCC)OC(=O)CCCCCCCCCCCCCC. The zero-order chi connectivity index (χ0) is 43.0. The smallest absolute Gasteiger partial charge is 0.306 e. The fourth-order valence-corrected chi connectivity index (χ4v) is 7.27. The molecule has 0 aromatic carbocycles. The van der Waals surface area contributed by atoms with Gasteiger partial charge in [0.15, 0.2) is 6.10 Å². The van der Waals surface area contributed by atoms with E-state index in [1.54, 1.807) is 0 Å². The molecule has 0 spiro atoms. The Morgan fingerprint density at radius 2 is 0.610 bits per heavy atom. The molecule has 0 aliphatic rings. The summed E-state index contributed by atoms with van der Waals surface area (Å²) in [5.41, 5.74) is 0. The fraction of sp³-hybridized carbons (Fsp3) is 0.830. The van der Waals surface area contributed by atoms with Crippen LogP contribution in [0.4, 0.5) is 0 Å². The number of ether oxygens (including phenoxy) is 3. The third-order valence-corrected chi connectivity index (χ3v) is 11.1. The van der Waals surface area contributed by atoms with Crippen LogP contribution in [0, 0.1) is 0 Å². The minimum Gasteiger partial charge on any atom is -0.462 e. The van der Waals surface area contributed by atoms with Gasteiger partial charge in [-0.05, 0) is 57.8 Å². The van der Waals surface area contributed by atoms with Gasteiger partial charge in [0, 0.05) is 19.3 Å². The molecule has 0 saturated carbocycles. The zero-order valence-electron chi connectivity index (χ0n) is 39.3. The quantitative estimate of drug-likeness (QED) is 0.0263. The average Bonchev–Trinajstić information content (AvgIpc) is 3.23. The molecule has 1 atom stereocenters. The Morgan fingerprint density at radius 3 is 0.983 bits per heavy atom. The highest BCUT2D eigenvalue weighted by atomic mass is 16.6. The summed E-state index contributed by atoms with van der Waals surface area (Å²) in [6.45, 7) is 6.60. The predicted octanol–water partition coefficient (Wildman–Crippen LogP) is 16.5. The van der Waals surface area contributed by atoms with Crippen molar-refractivity contribution in [1.29, 1.82) is 0 Å². The van der Waals surface area contributed by atoms with Gasteiger partial charge in [-0.1, -0.05) is 224 Å². The average molecular weight is 829 g/mol. The molecule has 0 fully saturated rings. The van der Waals surface area contributed by atoms with Crippen molar-refractivity contribution in [2.75, 3.05) is 13.2 Å². The first kappa shape index (κ1) is 56.6. The Bertz CT molecular complexity index is 1000. The van der Waals surface area contributed by atoms with Gasteiger partial charge in [-0.25, -0.2) is 0 Å². The van der Waals surface area contributed by atoms with Gasteiger partial charge in [0.1, 0.15) is 13.2 Å². The van der Waals surface area contributed by atoms with Gasteiger partial charge >= 0.3 is 17.9 Å². The second kappa shape index (κ2) is 48.3. The van der Waals surface area contributed by atoms with E-state index >= 15 is 0 Å². The normalized spacial score (nSPS) is 12.3. The van der Waals surface area contributed by atoms with Crippen LogP contribution in [0.2, 0.25) is 0 Å². The first-order chi connectivity index (χ1) is 29.0. The molecule has 0 aromatic rings. The lowest BCUT2D eigenvalue weighted by Crippen LogP contribution is -2.30. The molecule has 0 aromatic heterocycles. The molecule has 0 heterocycles. The van der Waals surface area contributed by atoms with Crippen molar-refractivity contribution in [2.24, 2.45) is 0 Å². The van der Waals surface area contributed by atoms with Crippen LogP contribution >= 0.6 is 0 Å². The number of hydrogen-bond donors (Lipinski definition) is 0. The van der Waals surface area contributed by atoms with Gasteiger partial charge in [0.2, 0.25) is 0 Å². The molecule has 0 aliphatic heterocycles.